The van der Waals surface area contributed by atoms with Gasteiger partial charge in [0.2, 0.25) is 0 Å². The van der Waals surface area contributed by atoms with Crippen molar-refractivity contribution in [3.8, 4) is 11.3 Å². The zero-order chi connectivity index (χ0) is 16.9. The molecule has 1 heterocycles. The summed E-state index contributed by atoms with van der Waals surface area (Å²) in [6.45, 7) is -0.0942. The maximum atomic E-state index is 13.0. The van der Waals surface area contributed by atoms with Gasteiger partial charge in [-0.15, -0.1) is 10.2 Å². The van der Waals surface area contributed by atoms with E-state index < -0.39 is 0 Å². The molecule has 0 bridgehead atoms. The highest BCUT2D eigenvalue weighted by Gasteiger charge is 2.11. The molecular formula is C18H15ClFN3O. The van der Waals surface area contributed by atoms with E-state index in [9.17, 15) is 9.50 Å². The molecule has 2 aromatic carbocycles. The Labute approximate surface area is 143 Å². The zero-order valence-electron chi connectivity index (χ0n) is 12.7. The molecule has 24 heavy (non-hydrogen) atoms. The summed E-state index contributed by atoms with van der Waals surface area (Å²) in [5.41, 5.74) is 2.32. The van der Waals surface area contributed by atoms with Gasteiger partial charge < -0.3 is 10.4 Å². The number of rotatable bonds is 5. The third kappa shape index (κ3) is 3.88. The van der Waals surface area contributed by atoms with E-state index in [0.717, 1.165) is 11.1 Å². The fourth-order valence-electron chi connectivity index (χ4n) is 2.29. The summed E-state index contributed by atoms with van der Waals surface area (Å²) in [6.07, 6.45) is 0. The molecule has 4 nitrogen and oxygen atoms in total. The lowest BCUT2D eigenvalue weighted by atomic mass is 10.1. The maximum absolute atomic E-state index is 13.0. The lowest BCUT2D eigenvalue weighted by Gasteiger charge is -2.17. The van der Waals surface area contributed by atoms with Gasteiger partial charge in [0.25, 0.3) is 0 Å². The van der Waals surface area contributed by atoms with Crippen molar-refractivity contribution in [1.29, 1.82) is 0 Å². The number of nitrogens with one attached hydrogen (secondary N) is 1. The first-order chi connectivity index (χ1) is 11.7. The summed E-state index contributed by atoms with van der Waals surface area (Å²) >= 11 is 5.88. The Hall–Kier alpha value is -2.50. The Morgan fingerprint density at radius 1 is 0.958 bits per heavy atom. The first kappa shape index (κ1) is 16.4. The molecule has 1 aromatic heterocycles. The third-order valence-corrected chi connectivity index (χ3v) is 3.83. The molecular weight excluding hydrogens is 329 g/mol. The molecule has 0 aliphatic heterocycles. The minimum absolute atomic E-state index is 0.0942. The maximum Gasteiger partial charge on any atom is 0.149 e. The summed E-state index contributed by atoms with van der Waals surface area (Å²) in [5, 5.41) is 21.6. The van der Waals surface area contributed by atoms with Crippen molar-refractivity contribution in [2.75, 3.05) is 11.9 Å². The number of aliphatic hydroxyl groups is 1. The van der Waals surface area contributed by atoms with Crippen LogP contribution in [-0.2, 0) is 0 Å². The fourth-order valence-corrected chi connectivity index (χ4v) is 2.42. The van der Waals surface area contributed by atoms with Gasteiger partial charge in [0.1, 0.15) is 11.6 Å². The van der Waals surface area contributed by atoms with Gasteiger partial charge in [-0.05, 0) is 54.1 Å². The van der Waals surface area contributed by atoms with Crippen molar-refractivity contribution >= 4 is 17.4 Å². The topological polar surface area (TPSA) is 58.0 Å². The van der Waals surface area contributed by atoms with Gasteiger partial charge in [-0.2, -0.15) is 0 Å². The van der Waals surface area contributed by atoms with Crippen LogP contribution in [-0.4, -0.2) is 21.9 Å². The zero-order valence-corrected chi connectivity index (χ0v) is 13.4. The second-order valence-electron chi connectivity index (χ2n) is 5.24. The normalized spacial score (nSPS) is 12.0. The molecule has 1 atom stereocenters. The van der Waals surface area contributed by atoms with E-state index in [4.69, 9.17) is 11.6 Å². The van der Waals surface area contributed by atoms with E-state index in [-0.39, 0.29) is 18.5 Å². The van der Waals surface area contributed by atoms with E-state index in [0.29, 0.717) is 16.5 Å². The molecule has 0 radical (unpaired) electrons. The van der Waals surface area contributed by atoms with Gasteiger partial charge >= 0.3 is 0 Å². The second kappa shape index (κ2) is 7.38. The quantitative estimate of drug-likeness (QED) is 0.733. The van der Waals surface area contributed by atoms with Crippen molar-refractivity contribution in [1.82, 2.24) is 10.2 Å². The number of halogens is 2. The molecule has 0 saturated carbocycles. The lowest BCUT2D eigenvalue weighted by molar-refractivity contribution is 0.276. The van der Waals surface area contributed by atoms with E-state index in [2.05, 4.69) is 15.5 Å². The van der Waals surface area contributed by atoms with E-state index in [1.165, 1.54) is 12.1 Å². The SMILES string of the molecule is OCC(Nc1ccc(-c2ccc(F)cc2)nn1)c1ccc(Cl)cc1. The Bertz CT molecular complexity index is 792. The van der Waals surface area contributed by atoms with Crippen LogP contribution in [0, 0.1) is 5.82 Å². The third-order valence-electron chi connectivity index (χ3n) is 3.58. The van der Waals surface area contributed by atoms with Crippen molar-refractivity contribution in [3.63, 3.8) is 0 Å². The molecule has 122 valence electrons. The highest BCUT2D eigenvalue weighted by atomic mass is 35.5. The summed E-state index contributed by atoms with van der Waals surface area (Å²) < 4.78 is 13.0. The second-order valence-corrected chi connectivity index (χ2v) is 5.68. The highest BCUT2D eigenvalue weighted by molar-refractivity contribution is 6.30. The average Bonchev–Trinajstić information content (AvgIpc) is 2.62. The van der Waals surface area contributed by atoms with Gasteiger partial charge in [-0.1, -0.05) is 23.7 Å². The lowest BCUT2D eigenvalue weighted by Crippen LogP contribution is -2.15. The number of anilines is 1. The van der Waals surface area contributed by atoms with Crippen molar-refractivity contribution in [3.05, 3.63) is 77.1 Å². The molecule has 0 aliphatic carbocycles. The minimum atomic E-state index is -0.312. The first-order valence-corrected chi connectivity index (χ1v) is 7.76. The van der Waals surface area contributed by atoms with Crippen LogP contribution in [0.5, 0.6) is 0 Å². The average molecular weight is 344 g/mol. The monoisotopic (exact) mass is 343 g/mol. The summed E-state index contributed by atoms with van der Waals surface area (Å²) in [7, 11) is 0. The van der Waals surface area contributed by atoms with Crippen LogP contribution >= 0.6 is 11.6 Å². The highest BCUT2D eigenvalue weighted by Crippen LogP contribution is 2.22. The van der Waals surface area contributed by atoms with Crippen LogP contribution in [0.1, 0.15) is 11.6 Å². The van der Waals surface area contributed by atoms with Crippen molar-refractivity contribution < 1.29 is 9.50 Å². The largest absolute Gasteiger partial charge is 0.394 e. The first-order valence-electron chi connectivity index (χ1n) is 7.38. The van der Waals surface area contributed by atoms with Crippen LogP contribution in [0.25, 0.3) is 11.3 Å². The number of hydrogen-bond donors (Lipinski definition) is 2. The Morgan fingerprint density at radius 3 is 2.25 bits per heavy atom. The Kier molecular flexibility index (Phi) is 5.03. The molecule has 1 unspecified atom stereocenters. The number of aromatic nitrogens is 2. The van der Waals surface area contributed by atoms with Gasteiger partial charge in [0.05, 0.1) is 18.3 Å². The molecule has 0 spiro atoms. The smallest absolute Gasteiger partial charge is 0.149 e. The number of aliphatic hydroxyl groups excluding tert-OH is 1. The van der Waals surface area contributed by atoms with Crippen LogP contribution in [0.4, 0.5) is 10.2 Å². The van der Waals surface area contributed by atoms with Crippen LogP contribution in [0.2, 0.25) is 5.02 Å². The van der Waals surface area contributed by atoms with E-state index >= 15 is 0 Å². The molecule has 3 rings (SSSR count). The fraction of sp³-hybridized carbons (Fsp3) is 0.111. The van der Waals surface area contributed by atoms with E-state index in [1.54, 1.807) is 36.4 Å². The van der Waals surface area contributed by atoms with Gasteiger partial charge in [-0.3, -0.25) is 0 Å². The van der Waals surface area contributed by atoms with Crippen molar-refractivity contribution in [2.24, 2.45) is 0 Å². The summed E-state index contributed by atoms with van der Waals surface area (Å²) in [5.74, 6) is 0.244. The summed E-state index contributed by atoms with van der Waals surface area (Å²) in [6, 6.07) is 16.5. The number of nitrogens with zero attached hydrogens (tertiary/aromatic N) is 2. The number of hydrogen-bond acceptors (Lipinski definition) is 4. The number of benzene rings is 2. The molecule has 6 heteroatoms. The molecule has 0 aliphatic rings. The van der Waals surface area contributed by atoms with Gasteiger partial charge in [0, 0.05) is 10.6 Å². The van der Waals surface area contributed by atoms with Gasteiger partial charge in [-0.25, -0.2) is 4.39 Å². The predicted octanol–water partition coefficient (Wildman–Crippen LogP) is 4.08. The molecule has 0 saturated heterocycles. The molecule has 0 fully saturated rings. The predicted molar refractivity (Wildman–Crippen MR) is 92.3 cm³/mol. The Balaban J connectivity index is 1.75. The molecule has 2 N–H and O–H groups in total. The van der Waals surface area contributed by atoms with Crippen LogP contribution in [0.15, 0.2) is 60.7 Å². The van der Waals surface area contributed by atoms with Crippen LogP contribution in [0.3, 0.4) is 0 Å². The Morgan fingerprint density at radius 2 is 1.67 bits per heavy atom. The summed E-state index contributed by atoms with van der Waals surface area (Å²) in [4.78, 5) is 0. The van der Waals surface area contributed by atoms with Gasteiger partial charge in [0.15, 0.2) is 0 Å². The molecule has 0 amide bonds. The minimum Gasteiger partial charge on any atom is -0.394 e. The molecule has 3 aromatic rings. The van der Waals surface area contributed by atoms with Crippen LogP contribution < -0.4 is 5.32 Å². The van der Waals surface area contributed by atoms with Crippen molar-refractivity contribution in [2.45, 2.75) is 6.04 Å². The van der Waals surface area contributed by atoms with E-state index in [1.807, 2.05) is 12.1 Å². The standard InChI is InChI=1S/C18H15ClFN3O/c19-14-5-1-13(2-6-14)17(11-24)21-18-10-9-16(22-23-18)12-3-7-15(20)8-4-12/h1-10,17,24H,11H2,(H,21,23).